The summed E-state index contributed by atoms with van der Waals surface area (Å²) in [6.45, 7) is 13.4. The Balaban J connectivity index is 1.56. The number of hydrogen-bond donors (Lipinski definition) is 2. The number of oxime groups is 1. The van der Waals surface area contributed by atoms with E-state index in [1.165, 1.54) is 43.4 Å². The van der Waals surface area contributed by atoms with Crippen LogP contribution in [0.4, 0.5) is 0 Å². The minimum atomic E-state index is -1.25. The first-order valence-electron chi connectivity index (χ1n) is 23.9. The van der Waals surface area contributed by atoms with E-state index in [4.69, 9.17) is 24.2 Å². The Bertz CT molecular complexity index is 1730. The van der Waals surface area contributed by atoms with E-state index in [0.717, 1.165) is 85.5 Å². The lowest BCUT2D eigenvalue weighted by Crippen LogP contribution is -2.69. The minimum Gasteiger partial charge on any atom is -0.493 e. The van der Waals surface area contributed by atoms with E-state index in [2.05, 4.69) is 49.9 Å². The Labute approximate surface area is 378 Å². The number of unbranched alkanes of at least 4 members (excludes halogenated alkanes) is 10. The van der Waals surface area contributed by atoms with Crippen LogP contribution in [0.2, 0.25) is 0 Å². The Hall–Kier alpha value is -3.31. The molecule has 6 unspecified atom stereocenters. The highest BCUT2D eigenvalue weighted by molar-refractivity contribution is 7.99. The summed E-state index contributed by atoms with van der Waals surface area (Å²) in [5, 5.41) is 24.8. The summed E-state index contributed by atoms with van der Waals surface area (Å²) in [6, 6.07) is 16.1. The van der Waals surface area contributed by atoms with Gasteiger partial charge in [0.05, 0.1) is 24.8 Å². The molecule has 5 rings (SSSR count). The van der Waals surface area contributed by atoms with E-state index in [9.17, 15) is 15.0 Å². The van der Waals surface area contributed by atoms with Crippen molar-refractivity contribution >= 4 is 23.4 Å². The van der Waals surface area contributed by atoms with Crippen molar-refractivity contribution < 1.29 is 34.1 Å². The van der Waals surface area contributed by atoms with Crippen LogP contribution in [0.1, 0.15) is 148 Å². The maximum Gasteiger partial charge on any atom is 0.239 e. The lowest BCUT2D eigenvalue weighted by Gasteiger charge is -2.59. The highest BCUT2D eigenvalue weighted by Crippen LogP contribution is 2.62. The first-order valence-corrected chi connectivity index (χ1v) is 24.9. The third-order valence-corrected chi connectivity index (χ3v) is 13.8. The van der Waals surface area contributed by atoms with Crippen LogP contribution in [0.3, 0.4) is 0 Å². The molecular weight excluding hydrogens is 797 g/mol. The molecule has 2 aromatic rings. The quantitative estimate of drug-likeness (QED) is 0.0376. The van der Waals surface area contributed by atoms with Gasteiger partial charge in [-0.05, 0) is 101 Å². The van der Waals surface area contributed by atoms with Crippen LogP contribution in [-0.2, 0) is 14.4 Å². The Kier molecular flexibility index (Phi) is 20.2. The number of likely N-dealkylation sites (N-methyl/N-ethyl adjacent to an activating group) is 1. The second-order valence-corrected chi connectivity index (χ2v) is 19.7. The summed E-state index contributed by atoms with van der Waals surface area (Å²) < 4.78 is 20.9. The van der Waals surface area contributed by atoms with Crippen molar-refractivity contribution in [2.75, 3.05) is 39.2 Å². The highest BCUT2D eigenvalue weighted by Gasteiger charge is 2.65. The van der Waals surface area contributed by atoms with Crippen molar-refractivity contribution in [1.82, 2.24) is 4.90 Å². The van der Waals surface area contributed by atoms with Crippen LogP contribution in [0.5, 0.6) is 11.5 Å². The lowest BCUT2D eigenvalue weighted by molar-refractivity contribution is -0.255. The zero-order valence-electron chi connectivity index (χ0n) is 38.7. The van der Waals surface area contributed by atoms with Crippen LogP contribution >= 0.6 is 11.8 Å². The summed E-state index contributed by atoms with van der Waals surface area (Å²) in [7, 11) is 1.91. The number of thioether (sulfide) groups is 1. The number of carbonyl (C=O) groups excluding carboxylic acids is 1. The lowest BCUT2D eigenvalue weighted by atomic mass is 9.55. The number of allylic oxidation sites excluding steroid dienone is 1. The molecule has 2 N–H and O–H groups in total. The molecule has 1 aliphatic heterocycles. The second-order valence-electron chi connectivity index (χ2n) is 18.6. The summed E-state index contributed by atoms with van der Waals surface area (Å²) in [5.74, 6) is 1.04. The number of aliphatic hydroxyl groups is 2. The van der Waals surface area contributed by atoms with Crippen molar-refractivity contribution in [3.63, 3.8) is 0 Å². The second kappa shape index (κ2) is 25.2. The first kappa shape index (κ1) is 49.7. The number of carbonyl (C=O) groups is 1. The molecule has 0 spiro atoms. The zero-order chi connectivity index (χ0) is 44.4. The van der Waals surface area contributed by atoms with Crippen LogP contribution < -0.4 is 9.47 Å². The van der Waals surface area contributed by atoms with E-state index in [1.807, 2.05) is 50.9 Å². The molecule has 3 aliphatic rings. The molecule has 1 amide bonds. The highest BCUT2D eigenvalue weighted by atomic mass is 32.2. The Morgan fingerprint density at radius 2 is 1.65 bits per heavy atom. The summed E-state index contributed by atoms with van der Waals surface area (Å²) in [5.41, 5.74) is 2.39. The smallest absolute Gasteiger partial charge is 0.239 e. The van der Waals surface area contributed by atoms with Crippen LogP contribution in [0, 0.1) is 17.8 Å². The Morgan fingerprint density at radius 1 is 0.952 bits per heavy atom. The molecule has 1 saturated carbocycles. The van der Waals surface area contributed by atoms with Gasteiger partial charge in [0.1, 0.15) is 23.1 Å². The van der Waals surface area contributed by atoms with Gasteiger partial charge in [0, 0.05) is 55.2 Å². The Morgan fingerprint density at radius 3 is 2.32 bits per heavy atom. The van der Waals surface area contributed by atoms with Crippen molar-refractivity contribution in [1.29, 1.82) is 0 Å². The molecule has 2 aliphatic carbocycles. The SMILES string of the molecule is C=CCOC12Oc3ccc(OCCSc4ccccc4)cc3C3C(CCCCO)C(CCCCO)C=C(C(=NOC(C)(C)C)CC1N(C)C(=O)CCCCCCCCCCC)C32. The van der Waals surface area contributed by atoms with Crippen molar-refractivity contribution in [3.05, 3.63) is 78.4 Å². The van der Waals surface area contributed by atoms with Crippen molar-refractivity contribution in [2.45, 2.75) is 165 Å². The van der Waals surface area contributed by atoms with Gasteiger partial charge in [-0.25, -0.2) is 0 Å². The fourth-order valence-corrected chi connectivity index (χ4v) is 10.5. The molecule has 1 fully saturated rings. The molecule has 0 saturated heterocycles. The number of ether oxygens (including phenoxy) is 3. The molecular formula is C52H78N2O7S. The van der Waals surface area contributed by atoms with Gasteiger partial charge in [0.2, 0.25) is 11.7 Å². The monoisotopic (exact) mass is 875 g/mol. The van der Waals surface area contributed by atoms with Crippen molar-refractivity contribution in [2.24, 2.45) is 22.9 Å². The normalized spacial score (nSPS) is 23.5. The predicted octanol–water partition coefficient (Wildman–Crippen LogP) is 11.7. The van der Waals surface area contributed by atoms with Crippen molar-refractivity contribution in [3.8, 4) is 11.5 Å². The fourth-order valence-electron chi connectivity index (χ4n) is 9.78. The number of benzene rings is 2. The number of fused-ring (bicyclic) bond motifs is 2. The van der Waals surface area contributed by atoms with Gasteiger partial charge in [-0.2, -0.15) is 0 Å². The molecule has 9 nitrogen and oxygen atoms in total. The molecule has 0 bridgehead atoms. The van der Waals surface area contributed by atoms with Crippen LogP contribution in [0.25, 0.3) is 0 Å². The molecule has 10 heteroatoms. The topological polar surface area (TPSA) is 110 Å². The van der Waals surface area contributed by atoms with Crippen LogP contribution in [0.15, 0.2) is 82.9 Å². The minimum absolute atomic E-state index is 0.0725. The van der Waals surface area contributed by atoms with E-state index >= 15 is 0 Å². The molecule has 6 atom stereocenters. The summed E-state index contributed by atoms with van der Waals surface area (Å²) in [6.07, 6.45) is 20.7. The summed E-state index contributed by atoms with van der Waals surface area (Å²) >= 11 is 1.77. The average molecular weight is 875 g/mol. The zero-order valence-corrected chi connectivity index (χ0v) is 39.5. The first-order chi connectivity index (χ1) is 30.1. The van der Waals surface area contributed by atoms with E-state index in [1.54, 1.807) is 17.8 Å². The van der Waals surface area contributed by atoms with E-state index < -0.39 is 17.4 Å². The van der Waals surface area contributed by atoms with Gasteiger partial charge in [-0.15, -0.1) is 18.3 Å². The van der Waals surface area contributed by atoms with E-state index in [-0.39, 0.29) is 49.4 Å². The van der Waals surface area contributed by atoms with Gasteiger partial charge >= 0.3 is 0 Å². The average Bonchev–Trinajstić information content (AvgIpc) is 3.26. The number of hydrogen-bond acceptors (Lipinski definition) is 9. The number of amides is 1. The molecule has 62 heavy (non-hydrogen) atoms. The number of rotatable bonds is 28. The van der Waals surface area contributed by atoms with Gasteiger partial charge in [-0.1, -0.05) is 107 Å². The molecule has 1 heterocycles. The maximum absolute atomic E-state index is 14.4. The predicted molar refractivity (Wildman–Crippen MR) is 253 cm³/mol. The third-order valence-electron chi connectivity index (χ3n) is 12.8. The maximum atomic E-state index is 14.4. The largest absolute Gasteiger partial charge is 0.493 e. The number of aliphatic hydroxyl groups excluding tert-OH is 2. The molecule has 0 aromatic heterocycles. The van der Waals surface area contributed by atoms with Crippen LogP contribution in [-0.4, -0.2) is 83.4 Å². The van der Waals surface area contributed by atoms with Gasteiger partial charge < -0.3 is 34.2 Å². The molecule has 0 radical (unpaired) electrons. The number of nitrogens with zero attached hydrogens (tertiary/aromatic N) is 2. The van der Waals surface area contributed by atoms with Gasteiger partial charge in [0.15, 0.2) is 0 Å². The standard InChI is InChI=1S/C52H78N2O7S/c1-7-9-10-11-12-13-14-15-19-28-48(57)54(6)47-38-45(53-61-51(3,4)5)43-36-39(24-20-22-31-55)42(27-21-23-32-56)49-44-37-40(58-34-35-62-41-25-17-16-18-26-41)29-30-46(44)60-52(47,50(43)49)59-33-8-2/h8,16-18,25-26,29-30,36-37,39,42,47,49-50,55-56H,2,7,9-15,19-24,27-28,31-35,38H2,1,3-6H3. The summed E-state index contributed by atoms with van der Waals surface area (Å²) in [4.78, 5) is 23.7. The fraction of sp³-hybridized carbons (Fsp3) is 0.654. The third kappa shape index (κ3) is 13.6. The van der Waals surface area contributed by atoms with E-state index in [0.29, 0.717) is 25.9 Å². The van der Waals surface area contributed by atoms with Gasteiger partial charge in [0.25, 0.3) is 0 Å². The van der Waals surface area contributed by atoms with Gasteiger partial charge in [-0.3, -0.25) is 4.79 Å². The molecule has 344 valence electrons. The molecule has 2 aromatic carbocycles.